The summed E-state index contributed by atoms with van der Waals surface area (Å²) >= 11 is 0. The van der Waals surface area contributed by atoms with Crippen molar-refractivity contribution in [3.8, 4) is 18.1 Å². The minimum atomic E-state index is -0.248. The molecule has 4 aliphatic carbocycles. The number of fused-ring (bicyclic) bond motifs is 1. The summed E-state index contributed by atoms with van der Waals surface area (Å²) in [5, 5.41) is 4.03. The summed E-state index contributed by atoms with van der Waals surface area (Å²) in [7, 11) is 1.71. The fraction of sp³-hybridized carbons (Fsp3) is 0.486. The number of aromatic nitrogens is 2. The molecule has 0 spiro atoms. The van der Waals surface area contributed by atoms with E-state index in [4.69, 9.17) is 11.2 Å². The number of methoxy groups -OCH3 is 1. The summed E-state index contributed by atoms with van der Waals surface area (Å²) in [6, 6.07) is 16.6. The van der Waals surface area contributed by atoms with E-state index in [0.717, 1.165) is 60.3 Å². The first-order chi connectivity index (χ1) is 21.0. The predicted molar refractivity (Wildman–Crippen MR) is 169 cm³/mol. The Labute approximate surface area is 255 Å². The maximum Gasteiger partial charge on any atom is 0.273 e. The van der Waals surface area contributed by atoms with Gasteiger partial charge in [-0.3, -0.25) is 4.79 Å². The smallest absolute Gasteiger partial charge is 0.273 e. The minimum Gasteiger partial charge on any atom is -0.497 e. The van der Waals surface area contributed by atoms with Gasteiger partial charge in [0.05, 0.1) is 13.2 Å². The lowest BCUT2D eigenvalue weighted by atomic mass is 9.53. The molecule has 3 aromatic rings. The van der Waals surface area contributed by atoms with E-state index in [0.29, 0.717) is 5.69 Å². The highest BCUT2D eigenvalue weighted by Gasteiger charge is 2.51. The molecular formula is C37H42N4O2. The monoisotopic (exact) mass is 574 g/mol. The van der Waals surface area contributed by atoms with Crippen LogP contribution in [-0.2, 0) is 6.42 Å². The fourth-order valence-corrected chi connectivity index (χ4v) is 9.17. The molecule has 8 rings (SSSR count). The molecule has 4 fully saturated rings. The van der Waals surface area contributed by atoms with Crippen LogP contribution >= 0.6 is 0 Å². The van der Waals surface area contributed by atoms with Crippen LogP contribution in [0.25, 0.3) is 0 Å². The number of ether oxygens (including phenoxy) is 1. The second-order valence-corrected chi connectivity index (χ2v) is 13.5. The van der Waals surface area contributed by atoms with Gasteiger partial charge in [0.15, 0.2) is 0 Å². The molecule has 5 aliphatic rings. The number of carbonyl (C=O) groups excluding carboxylic acids is 1. The Kier molecular flexibility index (Phi) is 7.37. The Balaban J connectivity index is 1.26. The minimum absolute atomic E-state index is 0.0196. The van der Waals surface area contributed by atoms with Crippen LogP contribution in [0, 0.1) is 30.1 Å². The summed E-state index contributed by atoms with van der Waals surface area (Å²) in [6.07, 6.45) is 19.2. The van der Waals surface area contributed by atoms with Gasteiger partial charge in [-0.15, -0.1) is 6.42 Å². The van der Waals surface area contributed by atoms with Crippen LogP contribution < -0.4 is 10.1 Å². The average Bonchev–Trinajstić information content (AvgIpc) is 3.02. The van der Waals surface area contributed by atoms with E-state index in [9.17, 15) is 4.79 Å². The highest BCUT2D eigenvalue weighted by Crippen LogP contribution is 2.56. The first-order valence-electron chi connectivity index (χ1n) is 16.1. The van der Waals surface area contributed by atoms with E-state index >= 15 is 0 Å². The number of hydrogen-bond donors (Lipinski definition) is 1. The Bertz CT molecular complexity index is 1510. The summed E-state index contributed by atoms with van der Waals surface area (Å²) in [4.78, 5) is 25.0. The third kappa shape index (κ3) is 5.28. The standard InChI is InChI=1S/C37H42N4O2/c1-4-6-7-30-19-28-20-31(43-3)12-13-32(28)35(41(30)36(42)33-14-15-38-34(5-2)39-33)27-8-10-29(11-9-27)40-37-21-24-16-25(22-37)18-26(17-24)23-37/h2,8-15,20,24-26,30,35,40H,4,6-7,16-19,21-23H2,1,3H3/t24?,25?,26?,30-,35-,37?/m0/s1. The second-order valence-electron chi connectivity index (χ2n) is 13.5. The van der Waals surface area contributed by atoms with Gasteiger partial charge in [0.25, 0.3) is 5.91 Å². The van der Waals surface area contributed by atoms with Crippen LogP contribution in [0.1, 0.15) is 104 Å². The van der Waals surface area contributed by atoms with E-state index in [-0.39, 0.29) is 29.4 Å². The van der Waals surface area contributed by atoms with Crippen molar-refractivity contribution in [3.05, 3.63) is 82.9 Å². The molecule has 2 heterocycles. The highest BCUT2D eigenvalue weighted by molar-refractivity contribution is 5.93. The zero-order valence-electron chi connectivity index (χ0n) is 25.4. The first kappa shape index (κ1) is 28.0. The zero-order chi connectivity index (χ0) is 29.6. The number of nitrogens with zero attached hydrogens (tertiary/aromatic N) is 3. The van der Waals surface area contributed by atoms with Crippen molar-refractivity contribution in [3.63, 3.8) is 0 Å². The number of amides is 1. The van der Waals surface area contributed by atoms with Gasteiger partial charge >= 0.3 is 0 Å². The van der Waals surface area contributed by atoms with Crippen molar-refractivity contribution in [1.82, 2.24) is 14.9 Å². The van der Waals surface area contributed by atoms with Crippen LogP contribution in [0.5, 0.6) is 5.75 Å². The predicted octanol–water partition coefficient (Wildman–Crippen LogP) is 7.19. The summed E-state index contributed by atoms with van der Waals surface area (Å²) < 4.78 is 5.61. The molecule has 1 amide bonds. The van der Waals surface area contributed by atoms with Gasteiger partial charge in [0.1, 0.15) is 11.4 Å². The van der Waals surface area contributed by atoms with Crippen LogP contribution in [-0.4, -0.2) is 39.5 Å². The summed E-state index contributed by atoms with van der Waals surface area (Å²) in [5.74, 6) is 6.13. The van der Waals surface area contributed by atoms with Gasteiger partial charge in [-0.1, -0.05) is 38.0 Å². The van der Waals surface area contributed by atoms with E-state index in [1.807, 2.05) is 6.07 Å². The molecule has 1 N–H and O–H groups in total. The number of carbonyl (C=O) groups is 1. The largest absolute Gasteiger partial charge is 0.497 e. The van der Waals surface area contributed by atoms with Crippen LogP contribution in [0.4, 0.5) is 5.69 Å². The van der Waals surface area contributed by atoms with Gasteiger partial charge in [0.2, 0.25) is 5.82 Å². The van der Waals surface area contributed by atoms with Gasteiger partial charge in [-0.25, -0.2) is 9.97 Å². The molecule has 4 saturated carbocycles. The molecule has 0 radical (unpaired) electrons. The van der Waals surface area contributed by atoms with Crippen molar-refractivity contribution in [2.75, 3.05) is 12.4 Å². The zero-order valence-corrected chi connectivity index (χ0v) is 25.4. The first-order valence-corrected chi connectivity index (χ1v) is 16.1. The van der Waals surface area contributed by atoms with Crippen molar-refractivity contribution >= 4 is 11.6 Å². The molecule has 0 unspecified atom stereocenters. The SMILES string of the molecule is C#Cc1nccc(C(=O)N2[C@@H](CCCC)Cc3cc(OC)ccc3[C@@H]2c2ccc(NC34CC5CC(CC(C5)C3)C4)cc2)n1. The van der Waals surface area contributed by atoms with Crippen molar-refractivity contribution in [2.24, 2.45) is 17.8 Å². The van der Waals surface area contributed by atoms with E-state index < -0.39 is 0 Å². The Morgan fingerprint density at radius 1 is 1.07 bits per heavy atom. The van der Waals surface area contributed by atoms with Gasteiger partial charge in [-0.2, -0.15) is 0 Å². The number of rotatable bonds is 8. The maximum atomic E-state index is 14.4. The Hall–Kier alpha value is -3.85. The molecule has 1 aromatic heterocycles. The Morgan fingerprint density at radius 3 is 2.44 bits per heavy atom. The number of hydrogen-bond acceptors (Lipinski definition) is 5. The molecule has 6 nitrogen and oxygen atoms in total. The lowest BCUT2D eigenvalue weighted by Gasteiger charge is -2.57. The lowest BCUT2D eigenvalue weighted by molar-refractivity contribution is 0.0107. The van der Waals surface area contributed by atoms with Crippen LogP contribution in [0.3, 0.4) is 0 Å². The lowest BCUT2D eigenvalue weighted by Crippen LogP contribution is -2.54. The van der Waals surface area contributed by atoms with Crippen molar-refractivity contribution < 1.29 is 9.53 Å². The number of benzene rings is 2. The van der Waals surface area contributed by atoms with E-state index in [1.54, 1.807) is 19.4 Å². The third-order valence-corrected chi connectivity index (χ3v) is 10.6. The van der Waals surface area contributed by atoms with Gasteiger partial charge in [0, 0.05) is 23.5 Å². The molecule has 43 heavy (non-hydrogen) atoms. The van der Waals surface area contributed by atoms with Crippen LogP contribution in [0.15, 0.2) is 54.7 Å². The van der Waals surface area contributed by atoms with Crippen molar-refractivity contribution in [2.45, 2.75) is 88.8 Å². The van der Waals surface area contributed by atoms with Gasteiger partial charge in [-0.05, 0) is 122 Å². The van der Waals surface area contributed by atoms with E-state index in [2.05, 4.69) is 69.4 Å². The normalized spacial score (nSPS) is 28.7. The Morgan fingerprint density at radius 2 is 1.79 bits per heavy atom. The molecule has 2 aromatic carbocycles. The second kappa shape index (κ2) is 11.3. The van der Waals surface area contributed by atoms with Crippen LogP contribution in [0.2, 0.25) is 0 Å². The third-order valence-electron chi connectivity index (χ3n) is 10.6. The highest BCUT2D eigenvalue weighted by atomic mass is 16.5. The fourth-order valence-electron chi connectivity index (χ4n) is 9.17. The topological polar surface area (TPSA) is 67.4 Å². The number of terminal acetylenes is 1. The molecule has 222 valence electrons. The average molecular weight is 575 g/mol. The molecule has 4 bridgehead atoms. The molecule has 1 aliphatic heterocycles. The number of nitrogens with one attached hydrogen (secondary N) is 1. The van der Waals surface area contributed by atoms with Gasteiger partial charge < -0.3 is 15.0 Å². The molecule has 0 saturated heterocycles. The number of anilines is 1. The summed E-state index contributed by atoms with van der Waals surface area (Å²) in [5.41, 5.74) is 5.24. The van der Waals surface area contributed by atoms with E-state index in [1.165, 1.54) is 49.8 Å². The summed E-state index contributed by atoms with van der Waals surface area (Å²) in [6.45, 7) is 2.20. The molecular weight excluding hydrogens is 532 g/mol. The molecule has 2 atom stereocenters. The number of unbranched alkanes of at least 4 members (excludes halogenated alkanes) is 1. The quantitative estimate of drug-likeness (QED) is 0.288. The maximum absolute atomic E-state index is 14.4. The van der Waals surface area contributed by atoms with Crippen molar-refractivity contribution in [1.29, 1.82) is 0 Å². The molecule has 6 heteroatoms.